The van der Waals surface area contributed by atoms with Gasteiger partial charge in [-0.2, -0.15) is 19.6 Å². The van der Waals surface area contributed by atoms with Crippen LogP contribution >= 0.6 is 0 Å². The molecule has 0 aromatic heterocycles. The molecule has 0 aliphatic rings. The molecule has 14 nitrogen and oxygen atoms in total. The van der Waals surface area contributed by atoms with Gasteiger partial charge in [0, 0.05) is 26.7 Å². The molecule has 14 heteroatoms. The van der Waals surface area contributed by atoms with E-state index in [9.17, 15) is 19.2 Å². The maximum atomic E-state index is 14.4. The summed E-state index contributed by atoms with van der Waals surface area (Å²) >= 11 is 0. The number of unbranched alkanes of at least 4 members (excludes halogenated alkanes) is 2. The van der Waals surface area contributed by atoms with E-state index in [0.717, 1.165) is 12.8 Å². The SMILES string of the molecule is CCCCC(CC)(C(=O)OOC(C)(CC(C)C)OOC(C)(CC(C)C)OOC(=O)C(CC)(CCCC)C(C)(CC(C)C)OOC(C)=O)C(C)(CC(C)C)OOC(C)=O. The van der Waals surface area contributed by atoms with Crippen LogP contribution in [0.15, 0.2) is 0 Å². The summed E-state index contributed by atoms with van der Waals surface area (Å²) in [6.07, 6.45) is 5.40. The van der Waals surface area contributed by atoms with Crippen LogP contribution in [0.25, 0.3) is 0 Å². The van der Waals surface area contributed by atoms with Gasteiger partial charge in [0.25, 0.3) is 0 Å². The van der Waals surface area contributed by atoms with Gasteiger partial charge in [-0.1, -0.05) is 109 Å². The molecule has 342 valence electrons. The van der Waals surface area contributed by atoms with Crippen LogP contribution < -0.4 is 0 Å². The van der Waals surface area contributed by atoms with Crippen LogP contribution in [0.2, 0.25) is 0 Å². The first kappa shape index (κ1) is 55.6. The lowest BCUT2D eigenvalue weighted by atomic mass is 9.65. The molecule has 0 amide bonds. The second-order valence-corrected chi connectivity index (χ2v) is 18.6. The first-order chi connectivity index (χ1) is 26.7. The summed E-state index contributed by atoms with van der Waals surface area (Å²) < 4.78 is 0. The van der Waals surface area contributed by atoms with Crippen LogP contribution in [-0.2, 0) is 68.1 Å². The first-order valence-electron chi connectivity index (χ1n) is 21.6. The minimum absolute atomic E-state index is 0.0310. The Bertz CT molecular complexity index is 1160. The topological polar surface area (TPSA) is 161 Å². The molecule has 0 aromatic rings. The summed E-state index contributed by atoms with van der Waals surface area (Å²) in [4.78, 5) is 110. The molecule has 0 rings (SSSR count). The summed E-state index contributed by atoms with van der Waals surface area (Å²) in [5, 5.41) is 0. The van der Waals surface area contributed by atoms with Crippen molar-refractivity contribution in [3.63, 3.8) is 0 Å². The van der Waals surface area contributed by atoms with Gasteiger partial charge in [-0.15, -0.1) is 9.78 Å². The monoisotopic (exact) mass is 835 g/mol. The van der Waals surface area contributed by atoms with E-state index in [1.54, 1.807) is 27.7 Å². The van der Waals surface area contributed by atoms with Gasteiger partial charge < -0.3 is 0 Å². The van der Waals surface area contributed by atoms with Crippen LogP contribution in [0.5, 0.6) is 0 Å². The standard InChI is InChI=1S/C44H82O14/c1-19-23-25-43(21-3,39(15,27-31(5)6)53-49-35(13)45)37(47)51-55-41(17,29-33(9)10)57-58-42(18,30-34(11)12)56-52-38(48)44(22-4,26-24-20-2)40(16,28-32(7)8)54-50-36(14)46/h31-34H,19-30H2,1-18H3. The fourth-order valence-electron chi connectivity index (χ4n) is 8.22. The Balaban J connectivity index is 6.81. The Kier molecular flexibility index (Phi) is 23.8. The Morgan fingerprint density at radius 2 is 0.724 bits per heavy atom. The maximum absolute atomic E-state index is 14.4. The van der Waals surface area contributed by atoms with Crippen molar-refractivity contribution in [3.8, 4) is 0 Å². The van der Waals surface area contributed by atoms with E-state index in [4.69, 9.17) is 48.9 Å². The van der Waals surface area contributed by atoms with Crippen LogP contribution in [0, 0.1) is 34.5 Å². The Labute approximate surface area is 350 Å². The molecule has 6 unspecified atom stereocenters. The van der Waals surface area contributed by atoms with Crippen molar-refractivity contribution < 1.29 is 68.1 Å². The number of rotatable bonds is 31. The molecule has 0 radical (unpaired) electrons. The predicted molar refractivity (Wildman–Crippen MR) is 218 cm³/mol. The summed E-state index contributed by atoms with van der Waals surface area (Å²) in [5.41, 5.74) is -5.09. The maximum Gasteiger partial charge on any atom is 0.351 e. The largest absolute Gasteiger partial charge is 0.351 e. The quantitative estimate of drug-likeness (QED) is 0.0368. The molecule has 0 spiro atoms. The van der Waals surface area contributed by atoms with Crippen molar-refractivity contribution in [1.82, 2.24) is 0 Å². The molecule has 0 N–H and O–H groups in total. The van der Waals surface area contributed by atoms with E-state index in [2.05, 4.69) is 0 Å². The third-order valence-corrected chi connectivity index (χ3v) is 10.7. The highest BCUT2D eigenvalue weighted by atomic mass is 17.4. The Morgan fingerprint density at radius 3 is 0.948 bits per heavy atom. The molecule has 0 bridgehead atoms. The van der Waals surface area contributed by atoms with Crippen molar-refractivity contribution in [3.05, 3.63) is 0 Å². The molecule has 0 aromatic carbocycles. The van der Waals surface area contributed by atoms with Crippen LogP contribution in [0.3, 0.4) is 0 Å². The highest BCUT2D eigenvalue weighted by Crippen LogP contribution is 2.49. The average Bonchev–Trinajstić information content (AvgIpc) is 3.10. The third-order valence-electron chi connectivity index (χ3n) is 10.7. The molecule has 0 heterocycles. The summed E-state index contributed by atoms with van der Waals surface area (Å²) in [7, 11) is 0. The summed E-state index contributed by atoms with van der Waals surface area (Å²) in [6.45, 7) is 32.6. The average molecular weight is 835 g/mol. The second-order valence-electron chi connectivity index (χ2n) is 18.6. The van der Waals surface area contributed by atoms with E-state index in [1.807, 2.05) is 83.1 Å². The molecule has 6 atom stereocenters. The Hall–Kier alpha value is -2.36. The van der Waals surface area contributed by atoms with E-state index in [0.29, 0.717) is 51.4 Å². The van der Waals surface area contributed by atoms with Gasteiger partial charge in [-0.3, -0.25) is 19.6 Å². The number of hydrogen-bond acceptors (Lipinski definition) is 14. The Morgan fingerprint density at radius 1 is 0.431 bits per heavy atom. The van der Waals surface area contributed by atoms with E-state index >= 15 is 0 Å². The van der Waals surface area contributed by atoms with Gasteiger partial charge >= 0.3 is 23.9 Å². The third kappa shape index (κ3) is 16.6. The van der Waals surface area contributed by atoms with Gasteiger partial charge in [-0.25, -0.2) is 19.2 Å². The zero-order valence-corrected chi connectivity index (χ0v) is 39.5. The van der Waals surface area contributed by atoms with Crippen molar-refractivity contribution >= 4 is 23.9 Å². The van der Waals surface area contributed by atoms with E-state index < -0.39 is 57.5 Å². The smallest absolute Gasteiger partial charge is 0.298 e. The number of carbonyl (C=O) groups is 4. The van der Waals surface area contributed by atoms with Crippen LogP contribution in [0.1, 0.15) is 202 Å². The zero-order chi connectivity index (χ0) is 45.2. The van der Waals surface area contributed by atoms with Gasteiger partial charge in [0.15, 0.2) is 0 Å². The molecule has 0 aliphatic heterocycles. The lowest BCUT2D eigenvalue weighted by Crippen LogP contribution is -2.55. The van der Waals surface area contributed by atoms with Gasteiger partial charge in [-0.05, 0) is 89.9 Å². The highest BCUT2D eigenvalue weighted by Gasteiger charge is 2.59. The van der Waals surface area contributed by atoms with Gasteiger partial charge in [0.05, 0.1) is 0 Å². The molecule has 58 heavy (non-hydrogen) atoms. The first-order valence-corrected chi connectivity index (χ1v) is 21.6. The van der Waals surface area contributed by atoms with Crippen LogP contribution in [0.4, 0.5) is 0 Å². The predicted octanol–water partition coefficient (Wildman–Crippen LogP) is 11.2. The van der Waals surface area contributed by atoms with Crippen molar-refractivity contribution in [1.29, 1.82) is 0 Å². The minimum atomic E-state index is -1.67. The second kappa shape index (κ2) is 24.8. The normalized spacial score (nSPS) is 18.4. The molecule has 0 saturated heterocycles. The van der Waals surface area contributed by atoms with E-state index in [1.165, 1.54) is 13.8 Å². The molecule has 0 aliphatic carbocycles. The number of hydrogen-bond donors (Lipinski definition) is 0. The van der Waals surface area contributed by atoms with Crippen molar-refractivity contribution in [2.45, 2.75) is 224 Å². The summed E-state index contributed by atoms with van der Waals surface area (Å²) in [5.74, 6) is -5.99. The highest BCUT2D eigenvalue weighted by molar-refractivity contribution is 5.78. The lowest BCUT2D eigenvalue weighted by Gasteiger charge is -2.45. The van der Waals surface area contributed by atoms with Crippen LogP contribution in [-0.4, -0.2) is 46.7 Å². The zero-order valence-electron chi connectivity index (χ0n) is 39.5. The van der Waals surface area contributed by atoms with E-state index in [-0.39, 0.29) is 36.5 Å². The fraction of sp³-hybridized carbons (Fsp3) is 0.909. The fourth-order valence-corrected chi connectivity index (χ4v) is 8.22. The van der Waals surface area contributed by atoms with Gasteiger partial charge in [0.2, 0.25) is 11.6 Å². The summed E-state index contributed by atoms with van der Waals surface area (Å²) in [6, 6.07) is 0. The van der Waals surface area contributed by atoms with Gasteiger partial charge in [0.1, 0.15) is 22.0 Å². The molecule has 0 saturated carbocycles. The minimum Gasteiger partial charge on any atom is -0.298 e. The lowest BCUT2D eigenvalue weighted by molar-refractivity contribution is -0.566. The van der Waals surface area contributed by atoms with Crippen molar-refractivity contribution in [2.24, 2.45) is 34.5 Å². The number of carbonyl (C=O) groups excluding carboxylic acids is 4. The molecular formula is C44H82O14. The molecule has 0 fully saturated rings. The molecular weight excluding hydrogens is 752 g/mol. The van der Waals surface area contributed by atoms with Crippen molar-refractivity contribution in [2.75, 3.05) is 0 Å².